The van der Waals surface area contributed by atoms with Crippen molar-refractivity contribution in [2.75, 3.05) is 19.6 Å². The highest BCUT2D eigenvalue weighted by Gasteiger charge is 2.25. The molecule has 1 aromatic carbocycles. The monoisotopic (exact) mass is 307 g/mol. The van der Waals surface area contributed by atoms with E-state index in [0.717, 1.165) is 37.5 Å². The first-order valence-corrected chi connectivity index (χ1v) is 8.08. The van der Waals surface area contributed by atoms with E-state index in [1.807, 2.05) is 18.5 Å². The molecule has 0 spiro atoms. The third-order valence-electron chi connectivity index (χ3n) is 4.67. The van der Waals surface area contributed by atoms with Gasteiger partial charge in [-0.15, -0.1) is 0 Å². The maximum atomic E-state index is 4.82. The predicted molar refractivity (Wildman–Crippen MR) is 91.0 cm³/mol. The van der Waals surface area contributed by atoms with Gasteiger partial charge in [-0.3, -0.25) is 9.88 Å². The van der Waals surface area contributed by atoms with Crippen LogP contribution in [0.15, 0.2) is 48.8 Å². The molecule has 5 heteroatoms. The van der Waals surface area contributed by atoms with E-state index in [-0.39, 0.29) is 0 Å². The van der Waals surface area contributed by atoms with Gasteiger partial charge in [-0.2, -0.15) is 0 Å². The highest BCUT2D eigenvalue weighted by atomic mass is 15.2. The van der Waals surface area contributed by atoms with Crippen molar-refractivity contribution >= 4 is 11.0 Å². The van der Waals surface area contributed by atoms with Gasteiger partial charge in [-0.25, -0.2) is 4.98 Å². The SMILES string of the molecule is Cn1c(CN2CCNCC2c2ccncc2)nc2ccccc21. The van der Waals surface area contributed by atoms with Crippen LogP contribution in [0.3, 0.4) is 0 Å². The average molecular weight is 307 g/mol. The fourth-order valence-corrected chi connectivity index (χ4v) is 3.37. The van der Waals surface area contributed by atoms with Crippen molar-refractivity contribution in [3.8, 4) is 0 Å². The first kappa shape index (κ1) is 14.4. The molecule has 3 aromatic rings. The van der Waals surface area contributed by atoms with Gasteiger partial charge in [0.1, 0.15) is 5.82 Å². The van der Waals surface area contributed by atoms with Gasteiger partial charge in [0.05, 0.1) is 17.6 Å². The Morgan fingerprint density at radius 2 is 2.00 bits per heavy atom. The molecule has 1 fully saturated rings. The molecule has 0 bridgehead atoms. The molecule has 0 aliphatic carbocycles. The van der Waals surface area contributed by atoms with Gasteiger partial charge in [0, 0.05) is 45.1 Å². The third-order valence-corrected chi connectivity index (χ3v) is 4.67. The van der Waals surface area contributed by atoms with Crippen LogP contribution in [0.25, 0.3) is 11.0 Å². The average Bonchev–Trinajstić information content (AvgIpc) is 2.92. The van der Waals surface area contributed by atoms with Crippen LogP contribution in [-0.4, -0.2) is 39.1 Å². The normalized spacial score (nSPS) is 19.3. The lowest BCUT2D eigenvalue weighted by Crippen LogP contribution is -2.45. The van der Waals surface area contributed by atoms with Gasteiger partial charge >= 0.3 is 0 Å². The quantitative estimate of drug-likeness (QED) is 0.805. The summed E-state index contributed by atoms with van der Waals surface area (Å²) < 4.78 is 2.21. The molecular weight excluding hydrogens is 286 g/mol. The number of nitrogens with zero attached hydrogens (tertiary/aromatic N) is 4. The van der Waals surface area contributed by atoms with E-state index in [1.165, 1.54) is 11.1 Å². The van der Waals surface area contributed by atoms with E-state index in [4.69, 9.17) is 4.98 Å². The summed E-state index contributed by atoms with van der Waals surface area (Å²) in [4.78, 5) is 11.5. The van der Waals surface area contributed by atoms with Crippen LogP contribution < -0.4 is 5.32 Å². The zero-order valence-corrected chi connectivity index (χ0v) is 13.3. The first-order valence-electron chi connectivity index (χ1n) is 8.08. The highest BCUT2D eigenvalue weighted by molar-refractivity contribution is 5.75. The number of aromatic nitrogens is 3. The Labute approximate surface area is 136 Å². The van der Waals surface area contributed by atoms with E-state index in [1.54, 1.807) is 0 Å². The molecule has 23 heavy (non-hydrogen) atoms. The van der Waals surface area contributed by atoms with Gasteiger partial charge in [-0.05, 0) is 29.8 Å². The fourth-order valence-electron chi connectivity index (χ4n) is 3.37. The summed E-state index contributed by atoms with van der Waals surface area (Å²) in [6.07, 6.45) is 3.74. The number of imidazole rings is 1. The molecule has 1 saturated heterocycles. The number of pyridine rings is 1. The highest BCUT2D eigenvalue weighted by Crippen LogP contribution is 2.24. The molecular formula is C18H21N5. The zero-order chi connectivity index (χ0) is 15.6. The van der Waals surface area contributed by atoms with Crippen LogP contribution in [0.2, 0.25) is 0 Å². The lowest BCUT2D eigenvalue weighted by Gasteiger charge is -2.36. The first-order chi connectivity index (χ1) is 11.3. The van der Waals surface area contributed by atoms with Crippen LogP contribution in [0.4, 0.5) is 0 Å². The molecule has 4 rings (SSSR count). The van der Waals surface area contributed by atoms with Crippen LogP contribution >= 0.6 is 0 Å². The van der Waals surface area contributed by atoms with Gasteiger partial charge < -0.3 is 9.88 Å². The van der Waals surface area contributed by atoms with E-state index in [9.17, 15) is 0 Å². The summed E-state index contributed by atoms with van der Waals surface area (Å²) in [7, 11) is 2.11. The summed E-state index contributed by atoms with van der Waals surface area (Å²) in [5.74, 6) is 1.12. The molecule has 118 valence electrons. The van der Waals surface area contributed by atoms with Crippen LogP contribution in [-0.2, 0) is 13.6 Å². The molecule has 1 unspecified atom stereocenters. The number of hydrogen-bond acceptors (Lipinski definition) is 4. The Hall–Kier alpha value is -2.24. The molecule has 1 aliphatic rings. The van der Waals surface area contributed by atoms with Crippen LogP contribution in [0.1, 0.15) is 17.4 Å². The second-order valence-corrected chi connectivity index (χ2v) is 6.05. The largest absolute Gasteiger partial charge is 0.330 e. The van der Waals surface area contributed by atoms with Crippen molar-refractivity contribution < 1.29 is 0 Å². The number of fused-ring (bicyclic) bond motifs is 1. The summed E-state index contributed by atoms with van der Waals surface area (Å²) in [6, 6.07) is 12.9. The molecule has 1 atom stereocenters. The Morgan fingerprint density at radius 3 is 2.83 bits per heavy atom. The molecule has 5 nitrogen and oxygen atoms in total. The number of hydrogen-bond donors (Lipinski definition) is 1. The molecule has 0 saturated carbocycles. The van der Waals surface area contributed by atoms with Crippen molar-refractivity contribution in [2.45, 2.75) is 12.6 Å². The second kappa shape index (κ2) is 6.10. The van der Waals surface area contributed by atoms with Gasteiger partial charge in [0.2, 0.25) is 0 Å². The van der Waals surface area contributed by atoms with Crippen molar-refractivity contribution in [3.05, 3.63) is 60.2 Å². The number of rotatable bonds is 3. The van der Waals surface area contributed by atoms with Crippen molar-refractivity contribution in [2.24, 2.45) is 7.05 Å². The number of para-hydroxylation sites is 2. The maximum Gasteiger partial charge on any atom is 0.123 e. The standard InChI is InChI=1S/C18H21N5/c1-22-16-5-3-2-4-15(16)21-18(22)13-23-11-10-20-12-17(23)14-6-8-19-9-7-14/h2-9,17,20H,10-13H2,1H3. The Balaban J connectivity index is 1.64. The fraction of sp³-hybridized carbons (Fsp3) is 0.333. The minimum absolute atomic E-state index is 0.367. The van der Waals surface area contributed by atoms with Crippen molar-refractivity contribution in [3.63, 3.8) is 0 Å². The van der Waals surface area contributed by atoms with Crippen LogP contribution in [0, 0.1) is 0 Å². The summed E-state index contributed by atoms with van der Waals surface area (Å²) >= 11 is 0. The molecule has 2 aromatic heterocycles. The van der Waals surface area contributed by atoms with Crippen molar-refractivity contribution in [1.29, 1.82) is 0 Å². The van der Waals surface area contributed by atoms with Crippen LogP contribution in [0.5, 0.6) is 0 Å². The summed E-state index contributed by atoms with van der Waals surface area (Å²) in [5, 5.41) is 3.50. The second-order valence-electron chi connectivity index (χ2n) is 6.05. The van der Waals surface area contributed by atoms with E-state index in [2.05, 4.69) is 57.1 Å². The lowest BCUT2D eigenvalue weighted by atomic mass is 10.0. The molecule has 0 radical (unpaired) electrons. The number of nitrogens with one attached hydrogen (secondary N) is 1. The van der Waals surface area contributed by atoms with E-state index >= 15 is 0 Å². The van der Waals surface area contributed by atoms with Gasteiger partial charge in [-0.1, -0.05) is 12.1 Å². The van der Waals surface area contributed by atoms with E-state index in [0.29, 0.717) is 6.04 Å². The molecule has 0 amide bonds. The van der Waals surface area contributed by atoms with E-state index < -0.39 is 0 Å². The summed E-state index contributed by atoms with van der Waals surface area (Å²) in [5.41, 5.74) is 3.57. The third kappa shape index (κ3) is 2.73. The smallest absolute Gasteiger partial charge is 0.123 e. The Kier molecular flexibility index (Phi) is 3.81. The molecule has 3 heterocycles. The Morgan fingerprint density at radius 1 is 1.17 bits per heavy atom. The van der Waals surface area contributed by atoms with Gasteiger partial charge in [0.15, 0.2) is 0 Å². The lowest BCUT2D eigenvalue weighted by molar-refractivity contribution is 0.149. The number of aryl methyl sites for hydroxylation is 1. The zero-order valence-electron chi connectivity index (χ0n) is 13.3. The molecule has 1 aliphatic heterocycles. The predicted octanol–water partition coefficient (Wildman–Crippen LogP) is 2.11. The summed E-state index contributed by atoms with van der Waals surface area (Å²) in [6.45, 7) is 3.87. The molecule has 1 N–H and O–H groups in total. The Bertz CT molecular complexity index is 796. The maximum absolute atomic E-state index is 4.82. The number of piperazine rings is 1. The topological polar surface area (TPSA) is 46.0 Å². The minimum Gasteiger partial charge on any atom is -0.330 e. The number of benzene rings is 1. The minimum atomic E-state index is 0.367. The van der Waals surface area contributed by atoms with Crippen molar-refractivity contribution in [1.82, 2.24) is 24.8 Å². The van der Waals surface area contributed by atoms with Gasteiger partial charge in [0.25, 0.3) is 0 Å².